The lowest BCUT2D eigenvalue weighted by Gasteiger charge is -2.26. The molecule has 1 N–H and O–H groups in total. The van der Waals surface area contributed by atoms with Gasteiger partial charge in [0.1, 0.15) is 11.5 Å². The highest BCUT2D eigenvalue weighted by molar-refractivity contribution is 5.83. The van der Waals surface area contributed by atoms with Crippen LogP contribution in [0.25, 0.3) is 0 Å². The van der Waals surface area contributed by atoms with Crippen LogP contribution in [0.4, 0.5) is 0 Å². The van der Waals surface area contributed by atoms with Gasteiger partial charge in [-0.15, -0.1) is 0 Å². The minimum absolute atomic E-state index is 0.0689. The summed E-state index contributed by atoms with van der Waals surface area (Å²) in [6, 6.07) is 10.2. The van der Waals surface area contributed by atoms with Crippen LogP contribution in [-0.2, 0) is 17.8 Å². The molecule has 158 valence electrons. The number of benzene rings is 1. The van der Waals surface area contributed by atoms with Gasteiger partial charge >= 0.3 is 0 Å². The van der Waals surface area contributed by atoms with Gasteiger partial charge in [-0.1, -0.05) is 31.1 Å². The summed E-state index contributed by atoms with van der Waals surface area (Å²) >= 11 is 0. The fraction of sp³-hybridized carbons (Fsp3) is 0.565. The molecule has 6 heteroatoms. The van der Waals surface area contributed by atoms with Crippen molar-refractivity contribution in [2.45, 2.75) is 59.1 Å². The van der Waals surface area contributed by atoms with Crippen LogP contribution in [0.15, 0.2) is 34.9 Å². The maximum Gasteiger partial charge on any atom is 0.227 e. The molecule has 2 aromatic rings. The number of nitrogens with zero attached hydrogens (tertiary/aromatic N) is 2. The molecule has 1 atom stereocenters. The summed E-state index contributed by atoms with van der Waals surface area (Å²) < 4.78 is 11.4. The van der Waals surface area contributed by atoms with Crippen molar-refractivity contribution < 1.29 is 14.1 Å². The highest BCUT2D eigenvalue weighted by Gasteiger charge is 2.45. The lowest BCUT2D eigenvalue weighted by Crippen LogP contribution is -2.43. The van der Waals surface area contributed by atoms with E-state index in [-0.39, 0.29) is 12.0 Å². The first-order valence-corrected chi connectivity index (χ1v) is 10.5. The molecule has 1 aromatic carbocycles. The van der Waals surface area contributed by atoms with Crippen molar-refractivity contribution in [2.24, 2.45) is 5.41 Å². The number of ether oxygens (including phenoxy) is 1. The van der Waals surface area contributed by atoms with Crippen LogP contribution in [0.5, 0.6) is 5.75 Å². The predicted molar refractivity (Wildman–Crippen MR) is 113 cm³/mol. The molecule has 1 saturated heterocycles. The van der Waals surface area contributed by atoms with E-state index in [1.165, 1.54) is 5.56 Å². The van der Waals surface area contributed by atoms with Crippen molar-refractivity contribution in [1.82, 2.24) is 15.4 Å². The van der Waals surface area contributed by atoms with Crippen LogP contribution >= 0.6 is 0 Å². The Labute approximate surface area is 173 Å². The molecule has 6 nitrogen and oxygen atoms in total. The zero-order valence-electron chi connectivity index (χ0n) is 18.2. The first-order valence-electron chi connectivity index (χ1n) is 10.5. The van der Waals surface area contributed by atoms with E-state index in [0.717, 1.165) is 36.7 Å². The van der Waals surface area contributed by atoms with Gasteiger partial charge < -0.3 is 14.6 Å². The first kappa shape index (κ1) is 21.4. The van der Waals surface area contributed by atoms with Gasteiger partial charge in [-0.2, -0.15) is 0 Å². The second-order valence-corrected chi connectivity index (χ2v) is 8.68. The molecular weight excluding hydrogens is 366 g/mol. The van der Waals surface area contributed by atoms with E-state index in [0.29, 0.717) is 18.9 Å². The van der Waals surface area contributed by atoms with Crippen molar-refractivity contribution in [3.63, 3.8) is 0 Å². The number of amides is 1. The highest BCUT2D eigenvalue weighted by Crippen LogP contribution is 2.36. The number of carbonyl (C=O) groups excluding carboxylic acids is 1. The third-order valence-electron chi connectivity index (χ3n) is 5.50. The van der Waals surface area contributed by atoms with Crippen LogP contribution in [0.3, 0.4) is 0 Å². The molecule has 0 spiro atoms. The summed E-state index contributed by atoms with van der Waals surface area (Å²) in [4.78, 5) is 15.2. The maximum atomic E-state index is 12.8. The highest BCUT2D eigenvalue weighted by atomic mass is 16.5. The van der Waals surface area contributed by atoms with E-state index in [4.69, 9.17) is 9.26 Å². The number of aromatic nitrogens is 1. The number of carbonyl (C=O) groups is 1. The van der Waals surface area contributed by atoms with E-state index < -0.39 is 5.41 Å². The van der Waals surface area contributed by atoms with E-state index in [9.17, 15) is 4.79 Å². The number of hydrogen-bond acceptors (Lipinski definition) is 5. The van der Waals surface area contributed by atoms with Crippen LogP contribution in [0, 0.1) is 5.41 Å². The van der Waals surface area contributed by atoms with E-state index >= 15 is 0 Å². The minimum Gasteiger partial charge on any atom is -0.491 e. The Balaban J connectivity index is 1.72. The normalized spacial score (nSPS) is 19.8. The molecule has 1 aliphatic rings. The summed E-state index contributed by atoms with van der Waals surface area (Å²) in [5.74, 6) is 2.05. The fourth-order valence-electron chi connectivity index (χ4n) is 4.03. The Morgan fingerprint density at radius 3 is 2.76 bits per heavy atom. The van der Waals surface area contributed by atoms with Crippen LogP contribution in [0.2, 0.25) is 0 Å². The number of likely N-dealkylation sites (tertiary alicyclic amines) is 1. The van der Waals surface area contributed by atoms with E-state index in [2.05, 4.69) is 41.4 Å². The fourth-order valence-corrected chi connectivity index (χ4v) is 4.03. The Hall–Kier alpha value is -2.34. The van der Waals surface area contributed by atoms with Gasteiger partial charge in [0, 0.05) is 32.6 Å². The second kappa shape index (κ2) is 8.99. The number of nitrogens with one attached hydrogen (secondary N) is 1. The lowest BCUT2D eigenvalue weighted by molar-refractivity contribution is -0.130. The summed E-state index contributed by atoms with van der Waals surface area (Å²) in [7, 11) is 1.71. The number of rotatable bonds is 8. The first-order chi connectivity index (χ1) is 13.8. The summed E-state index contributed by atoms with van der Waals surface area (Å²) in [6.45, 7) is 10.6. The Morgan fingerprint density at radius 1 is 1.31 bits per heavy atom. The molecule has 1 aromatic heterocycles. The van der Waals surface area contributed by atoms with Crippen molar-refractivity contribution in [1.29, 1.82) is 0 Å². The molecule has 0 radical (unpaired) electrons. The third-order valence-corrected chi connectivity index (χ3v) is 5.50. The molecule has 1 amide bonds. The Morgan fingerprint density at radius 2 is 2.10 bits per heavy atom. The molecule has 3 rings (SSSR count). The van der Waals surface area contributed by atoms with Crippen LogP contribution in [-0.4, -0.2) is 42.2 Å². The molecule has 29 heavy (non-hydrogen) atoms. The topological polar surface area (TPSA) is 67.6 Å². The Kier molecular flexibility index (Phi) is 6.63. The zero-order valence-corrected chi connectivity index (χ0v) is 18.2. The molecule has 0 saturated carbocycles. The standard InChI is InChI=1S/C23H33N3O3/c1-16(2)21-12-20(29-25-21)13-23(22(27)24-5)9-10-26(15-23)14-18-7-6-8-19(11-18)28-17(3)4/h6-8,11-12,16-17H,9-10,13-15H2,1-5H3,(H,24,27)/t23-/m1/s1. The molecule has 1 aliphatic heterocycles. The maximum absolute atomic E-state index is 12.8. The molecule has 1 fully saturated rings. The van der Waals surface area contributed by atoms with Crippen molar-refractivity contribution >= 4 is 5.91 Å². The SMILES string of the molecule is CNC(=O)[C@@]1(Cc2cc(C(C)C)no2)CCN(Cc2cccc(OC(C)C)c2)C1. The third kappa shape index (κ3) is 5.18. The average Bonchev–Trinajstić information content (AvgIpc) is 3.29. The molecule has 0 bridgehead atoms. The van der Waals surface area contributed by atoms with Gasteiger partial charge in [-0.25, -0.2) is 0 Å². The van der Waals surface area contributed by atoms with Crippen molar-refractivity contribution in [3.05, 3.63) is 47.3 Å². The number of hydrogen-bond donors (Lipinski definition) is 1. The monoisotopic (exact) mass is 399 g/mol. The smallest absolute Gasteiger partial charge is 0.227 e. The zero-order chi connectivity index (χ0) is 21.0. The van der Waals surface area contributed by atoms with Crippen LogP contribution in [0.1, 0.15) is 57.1 Å². The van der Waals surface area contributed by atoms with E-state index in [1.807, 2.05) is 32.0 Å². The van der Waals surface area contributed by atoms with Gasteiger partial charge in [-0.3, -0.25) is 9.69 Å². The van der Waals surface area contributed by atoms with Crippen molar-refractivity contribution in [2.75, 3.05) is 20.1 Å². The van der Waals surface area contributed by atoms with Gasteiger partial charge in [0.2, 0.25) is 5.91 Å². The Bertz CT molecular complexity index is 830. The average molecular weight is 400 g/mol. The molecule has 0 unspecified atom stereocenters. The minimum atomic E-state index is -0.491. The second-order valence-electron chi connectivity index (χ2n) is 8.68. The van der Waals surface area contributed by atoms with Gasteiger partial charge in [0.15, 0.2) is 0 Å². The quantitative estimate of drug-likeness (QED) is 0.732. The molecular formula is C23H33N3O3. The largest absolute Gasteiger partial charge is 0.491 e. The van der Waals surface area contributed by atoms with Gasteiger partial charge in [-0.05, 0) is 50.4 Å². The predicted octanol–water partition coefficient (Wildman–Crippen LogP) is 3.77. The summed E-state index contributed by atoms with van der Waals surface area (Å²) in [5.41, 5.74) is 1.63. The van der Waals surface area contributed by atoms with Crippen LogP contribution < -0.4 is 10.1 Å². The van der Waals surface area contributed by atoms with Gasteiger partial charge in [0.25, 0.3) is 0 Å². The molecule has 0 aliphatic carbocycles. The summed E-state index contributed by atoms with van der Waals surface area (Å²) in [6.07, 6.45) is 1.52. The van der Waals surface area contributed by atoms with Crippen molar-refractivity contribution in [3.8, 4) is 5.75 Å². The molecule has 2 heterocycles. The van der Waals surface area contributed by atoms with E-state index in [1.54, 1.807) is 7.05 Å². The summed E-state index contributed by atoms with van der Waals surface area (Å²) in [5, 5.41) is 7.02. The lowest BCUT2D eigenvalue weighted by atomic mass is 9.81. The van der Waals surface area contributed by atoms with Gasteiger partial charge in [0.05, 0.1) is 17.2 Å².